The summed E-state index contributed by atoms with van der Waals surface area (Å²) in [6.45, 7) is 5.85. The number of tetrazole rings is 1. The van der Waals surface area contributed by atoms with Crippen LogP contribution >= 0.6 is 11.3 Å². The molecule has 36 heavy (non-hydrogen) atoms. The van der Waals surface area contributed by atoms with Gasteiger partial charge in [0.25, 0.3) is 11.8 Å². The van der Waals surface area contributed by atoms with E-state index in [1.54, 1.807) is 12.1 Å². The van der Waals surface area contributed by atoms with Crippen molar-refractivity contribution in [2.75, 3.05) is 4.90 Å². The second kappa shape index (κ2) is 10.1. The van der Waals surface area contributed by atoms with Gasteiger partial charge in [0.05, 0.1) is 4.88 Å². The van der Waals surface area contributed by atoms with Crippen molar-refractivity contribution in [1.29, 1.82) is 0 Å². The quantitative estimate of drug-likeness (QED) is 0.360. The second-order valence-corrected chi connectivity index (χ2v) is 10.2. The first-order chi connectivity index (χ1) is 17.4. The number of aryl methyl sites for hydroxylation is 1. The molecule has 0 aliphatic heterocycles. The third-order valence-electron chi connectivity index (χ3n) is 6.04. The highest BCUT2D eigenvalue weighted by Gasteiger charge is 2.38. The molecule has 2 amide bonds. The molecule has 1 atom stereocenters. The molecule has 1 aliphatic rings. The zero-order chi connectivity index (χ0) is 25.2. The summed E-state index contributed by atoms with van der Waals surface area (Å²) in [5.41, 5.74) is 1.73. The molecule has 9 nitrogen and oxygen atoms in total. The maximum atomic E-state index is 13.8. The number of aromatic nitrogens is 4. The number of nitrogens with one attached hydrogen (secondary N) is 1. The molecule has 1 aromatic carbocycles. The molecular weight excluding hydrogens is 476 g/mol. The molecule has 5 rings (SSSR count). The lowest BCUT2D eigenvalue weighted by atomic mass is 10.0. The monoisotopic (exact) mass is 504 g/mol. The Morgan fingerprint density at radius 1 is 1.17 bits per heavy atom. The highest BCUT2D eigenvalue weighted by atomic mass is 32.1. The molecule has 0 spiro atoms. The van der Waals surface area contributed by atoms with Gasteiger partial charge in [-0.15, -0.1) is 21.5 Å². The van der Waals surface area contributed by atoms with Crippen LogP contribution in [0, 0.1) is 6.92 Å². The number of nitrogens with zero attached hydrogens (tertiary/aromatic N) is 5. The fraction of sp³-hybridized carbons (Fsp3) is 0.346. The second-order valence-electron chi connectivity index (χ2n) is 9.26. The number of anilines is 1. The van der Waals surface area contributed by atoms with Gasteiger partial charge < -0.3 is 9.73 Å². The lowest BCUT2D eigenvalue weighted by Gasteiger charge is -2.30. The number of hydrogen-bond donors (Lipinski definition) is 1. The van der Waals surface area contributed by atoms with Crippen molar-refractivity contribution < 1.29 is 14.0 Å². The van der Waals surface area contributed by atoms with Crippen LogP contribution in [0.4, 0.5) is 5.69 Å². The van der Waals surface area contributed by atoms with Crippen molar-refractivity contribution in [2.45, 2.75) is 58.2 Å². The Bertz CT molecular complexity index is 1340. The van der Waals surface area contributed by atoms with Gasteiger partial charge in [0, 0.05) is 11.7 Å². The van der Waals surface area contributed by atoms with Crippen molar-refractivity contribution in [3.8, 4) is 10.7 Å². The molecule has 186 valence electrons. The summed E-state index contributed by atoms with van der Waals surface area (Å²) >= 11 is 1.50. The molecule has 0 radical (unpaired) electrons. The highest BCUT2D eigenvalue weighted by Crippen LogP contribution is 2.32. The molecule has 3 aromatic heterocycles. The number of amides is 2. The van der Waals surface area contributed by atoms with Gasteiger partial charge in [0.1, 0.15) is 18.1 Å². The van der Waals surface area contributed by atoms with Gasteiger partial charge in [0.15, 0.2) is 6.04 Å². The van der Waals surface area contributed by atoms with Crippen LogP contribution in [0.25, 0.3) is 10.7 Å². The molecule has 0 bridgehead atoms. The lowest BCUT2D eigenvalue weighted by molar-refractivity contribution is -0.127. The normalized spacial score (nSPS) is 14.1. The number of hydrogen-bond acceptors (Lipinski definition) is 7. The largest absolute Gasteiger partial charge is 0.464 e. The van der Waals surface area contributed by atoms with Crippen LogP contribution < -0.4 is 10.2 Å². The van der Waals surface area contributed by atoms with E-state index in [9.17, 15) is 9.59 Å². The van der Waals surface area contributed by atoms with Crippen molar-refractivity contribution in [3.63, 3.8) is 0 Å². The first-order valence-electron chi connectivity index (χ1n) is 12.0. The average Bonchev–Trinajstić information content (AvgIpc) is 3.24. The van der Waals surface area contributed by atoms with Crippen LogP contribution in [-0.4, -0.2) is 38.1 Å². The first-order valence-corrected chi connectivity index (χ1v) is 12.9. The first kappa shape index (κ1) is 23.9. The maximum Gasteiger partial charge on any atom is 0.251 e. The molecule has 1 saturated carbocycles. The van der Waals surface area contributed by atoms with Crippen LogP contribution in [-0.2, 0) is 16.1 Å². The summed E-state index contributed by atoms with van der Waals surface area (Å²) in [7, 11) is 0. The van der Waals surface area contributed by atoms with E-state index < -0.39 is 6.04 Å². The molecule has 0 saturated heterocycles. The van der Waals surface area contributed by atoms with E-state index in [0.29, 0.717) is 29.0 Å². The Balaban J connectivity index is 1.51. The number of rotatable bonds is 9. The van der Waals surface area contributed by atoms with Crippen molar-refractivity contribution in [2.24, 2.45) is 0 Å². The minimum Gasteiger partial charge on any atom is -0.464 e. The van der Waals surface area contributed by atoms with E-state index >= 15 is 0 Å². The smallest absolute Gasteiger partial charge is 0.251 e. The summed E-state index contributed by atoms with van der Waals surface area (Å²) < 4.78 is 5.88. The van der Waals surface area contributed by atoms with Crippen LogP contribution in [0.2, 0.25) is 0 Å². The average molecular weight is 505 g/mol. The Morgan fingerprint density at radius 3 is 2.56 bits per heavy atom. The molecule has 3 heterocycles. The predicted molar refractivity (Wildman–Crippen MR) is 136 cm³/mol. The Kier molecular flexibility index (Phi) is 6.69. The third kappa shape index (κ3) is 5.23. The van der Waals surface area contributed by atoms with Crippen molar-refractivity contribution in [3.05, 3.63) is 71.0 Å². The zero-order valence-corrected chi connectivity index (χ0v) is 21.2. The Hall–Kier alpha value is -3.79. The molecule has 1 N–H and O–H groups in total. The van der Waals surface area contributed by atoms with Crippen molar-refractivity contribution >= 4 is 28.8 Å². The summed E-state index contributed by atoms with van der Waals surface area (Å²) in [6, 6.07) is 14.2. The van der Waals surface area contributed by atoms with Gasteiger partial charge in [-0.2, -0.15) is 4.80 Å². The summed E-state index contributed by atoms with van der Waals surface area (Å²) in [5.74, 6) is 1.22. The number of furan rings is 1. The molecule has 1 aliphatic carbocycles. The maximum absolute atomic E-state index is 13.8. The highest BCUT2D eigenvalue weighted by molar-refractivity contribution is 7.13. The van der Waals surface area contributed by atoms with Crippen LogP contribution in [0.3, 0.4) is 0 Å². The standard InChI is InChI=1S/C26H28N6O3S/c1-16(2)18-7-11-20(12-8-18)32(23(33)15-31-29-25(28-30-31)22-5-4-14-36-22)24(21-13-6-17(3)35-21)26(34)27-19-9-10-19/h4-8,11-14,16,19,24H,9-10,15H2,1-3H3,(H,27,34). The van der Waals surface area contributed by atoms with E-state index in [1.165, 1.54) is 21.0 Å². The minimum atomic E-state index is -0.975. The summed E-state index contributed by atoms with van der Waals surface area (Å²) in [6.07, 6.45) is 1.86. The lowest BCUT2D eigenvalue weighted by Crippen LogP contribution is -2.45. The van der Waals surface area contributed by atoms with Crippen LogP contribution in [0.1, 0.15) is 55.7 Å². The fourth-order valence-electron chi connectivity index (χ4n) is 3.95. The van der Waals surface area contributed by atoms with E-state index in [-0.39, 0.29) is 24.4 Å². The van der Waals surface area contributed by atoms with Crippen LogP contribution in [0.15, 0.2) is 58.3 Å². The minimum absolute atomic E-state index is 0.127. The van der Waals surface area contributed by atoms with Gasteiger partial charge in [-0.3, -0.25) is 14.5 Å². The Morgan fingerprint density at radius 2 is 1.94 bits per heavy atom. The van der Waals surface area contributed by atoms with E-state index in [4.69, 9.17) is 4.42 Å². The van der Waals surface area contributed by atoms with Gasteiger partial charge in [-0.1, -0.05) is 32.0 Å². The topological polar surface area (TPSA) is 106 Å². The molecule has 4 aromatic rings. The molecule has 1 unspecified atom stereocenters. The Labute approximate surface area is 213 Å². The summed E-state index contributed by atoms with van der Waals surface area (Å²) in [5, 5.41) is 17.5. The van der Waals surface area contributed by atoms with Gasteiger partial charge >= 0.3 is 0 Å². The number of benzene rings is 1. The van der Waals surface area contributed by atoms with E-state index in [1.807, 2.05) is 48.7 Å². The number of thiophene rings is 1. The van der Waals surface area contributed by atoms with E-state index in [2.05, 4.69) is 34.6 Å². The molecular formula is C26H28N6O3S. The van der Waals surface area contributed by atoms with Crippen molar-refractivity contribution in [1.82, 2.24) is 25.5 Å². The van der Waals surface area contributed by atoms with Crippen LogP contribution in [0.5, 0.6) is 0 Å². The third-order valence-corrected chi connectivity index (χ3v) is 6.90. The molecule has 1 fully saturated rings. The van der Waals surface area contributed by atoms with Gasteiger partial charge in [-0.25, -0.2) is 0 Å². The zero-order valence-electron chi connectivity index (χ0n) is 20.4. The van der Waals surface area contributed by atoms with Gasteiger partial charge in [0.2, 0.25) is 5.82 Å². The molecule has 10 heteroatoms. The number of carbonyl (C=O) groups excluding carboxylic acids is 2. The SMILES string of the molecule is Cc1ccc(C(C(=O)NC2CC2)N(C(=O)Cn2nnc(-c3cccs3)n2)c2ccc(C(C)C)cc2)o1. The predicted octanol–water partition coefficient (Wildman–Crippen LogP) is 4.48. The fourth-order valence-corrected chi connectivity index (χ4v) is 4.60. The van der Waals surface area contributed by atoms with Gasteiger partial charge in [-0.05, 0) is 72.2 Å². The number of carbonyl (C=O) groups is 2. The summed E-state index contributed by atoms with van der Waals surface area (Å²) in [4.78, 5) is 30.9. The van der Waals surface area contributed by atoms with E-state index in [0.717, 1.165) is 23.3 Å².